The fourth-order valence-electron chi connectivity index (χ4n) is 2.36. The van der Waals surface area contributed by atoms with Gasteiger partial charge in [-0.2, -0.15) is 5.10 Å². The number of nitrogens with zero attached hydrogens (tertiary/aromatic N) is 3. The van der Waals surface area contributed by atoms with Gasteiger partial charge in [-0.3, -0.25) is 10.1 Å². The highest BCUT2D eigenvalue weighted by atomic mass is 79.9. The maximum Gasteiger partial charge on any atom is 0.270 e. The van der Waals surface area contributed by atoms with Crippen molar-refractivity contribution in [1.29, 1.82) is 0 Å². The topological polar surface area (TPSA) is 70.2 Å². The summed E-state index contributed by atoms with van der Waals surface area (Å²) in [5.74, 6) is 0.548. The summed E-state index contributed by atoms with van der Waals surface area (Å²) >= 11 is 3.33. The average Bonchev–Trinajstić information content (AvgIpc) is 2.90. The number of aromatic nitrogens is 2. The third-order valence-electron chi connectivity index (χ3n) is 3.38. The number of nitro benzene ring substituents is 1. The van der Waals surface area contributed by atoms with E-state index >= 15 is 0 Å². The van der Waals surface area contributed by atoms with Gasteiger partial charge in [-0.25, -0.2) is 4.68 Å². The van der Waals surface area contributed by atoms with Crippen LogP contribution in [0, 0.1) is 10.1 Å². The first-order chi connectivity index (χ1) is 11.2. The van der Waals surface area contributed by atoms with E-state index in [0.717, 1.165) is 5.56 Å². The Kier molecular flexibility index (Phi) is 4.57. The molecule has 0 aliphatic carbocycles. The second-order valence-electron chi connectivity index (χ2n) is 4.94. The van der Waals surface area contributed by atoms with Crippen LogP contribution in [0.1, 0.15) is 5.56 Å². The first kappa shape index (κ1) is 15.5. The van der Waals surface area contributed by atoms with E-state index in [0.29, 0.717) is 35.3 Å². The van der Waals surface area contributed by atoms with Gasteiger partial charge in [-0.05, 0) is 11.6 Å². The molecule has 1 heterocycles. The molecule has 0 radical (unpaired) electrons. The van der Waals surface area contributed by atoms with E-state index in [1.807, 2.05) is 30.3 Å². The van der Waals surface area contributed by atoms with E-state index in [-0.39, 0.29) is 5.69 Å². The Labute approximate surface area is 141 Å². The van der Waals surface area contributed by atoms with Crippen LogP contribution in [0.5, 0.6) is 5.88 Å². The number of benzene rings is 2. The highest BCUT2D eigenvalue weighted by Gasteiger charge is 2.16. The van der Waals surface area contributed by atoms with Crippen LogP contribution in [0.2, 0.25) is 0 Å². The second-order valence-corrected chi connectivity index (χ2v) is 5.74. The molecule has 0 N–H and O–H groups in total. The van der Waals surface area contributed by atoms with E-state index in [1.165, 1.54) is 12.1 Å². The first-order valence-electron chi connectivity index (χ1n) is 7.06. The Bertz CT molecular complexity index is 833. The Balaban J connectivity index is 2.06. The van der Waals surface area contributed by atoms with Crippen molar-refractivity contribution in [2.45, 2.75) is 6.54 Å². The van der Waals surface area contributed by atoms with Crippen LogP contribution in [-0.2, 0) is 6.54 Å². The number of ether oxygens (including phenoxy) is 1. The fraction of sp³-hybridized carbons (Fsp3) is 0.188. The molecule has 3 rings (SSSR count). The molecule has 0 fully saturated rings. The molecule has 0 unspecified atom stereocenters. The van der Waals surface area contributed by atoms with Gasteiger partial charge >= 0.3 is 0 Å². The number of rotatable bonds is 6. The molecule has 3 aromatic rings. The molecule has 0 bridgehead atoms. The van der Waals surface area contributed by atoms with Gasteiger partial charge in [0, 0.05) is 17.5 Å². The zero-order valence-electron chi connectivity index (χ0n) is 12.2. The number of non-ortho nitro benzene ring substituents is 1. The van der Waals surface area contributed by atoms with E-state index in [9.17, 15) is 10.1 Å². The minimum atomic E-state index is -0.414. The van der Waals surface area contributed by atoms with Crippen LogP contribution in [0.3, 0.4) is 0 Å². The van der Waals surface area contributed by atoms with Gasteiger partial charge in [-0.1, -0.05) is 46.3 Å². The van der Waals surface area contributed by atoms with Crippen LogP contribution >= 0.6 is 15.9 Å². The molecule has 0 saturated carbocycles. The molecule has 0 atom stereocenters. The summed E-state index contributed by atoms with van der Waals surface area (Å²) in [4.78, 5) is 10.6. The van der Waals surface area contributed by atoms with Crippen molar-refractivity contribution in [3.05, 3.63) is 64.2 Å². The Morgan fingerprint density at radius 2 is 2.00 bits per heavy atom. The molecular weight excluding hydrogens is 362 g/mol. The number of hydrogen-bond donors (Lipinski definition) is 0. The first-order valence-corrected chi connectivity index (χ1v) is 8.19. The van der Waals surface area contributed by atoms with E-state index in [4.69, 9.17) is 4.74 Å². The summed E-state index contributed by atoms with van der Waals surface area (Å²) in [7, 11) is 0. The molecule has 7 heteroatoms. The third kappa shape index (κ3) is 3.34. The number of fused-ring (bicyclic) bond motifs is 1. The predicted octanol–water partition coefficient (Wildman–Crippen LogP) is 3.77. The lowest BCUT2D eigenvalue weighted by molar-refractivity contribution is -0.384. The van der Waals surface area contributed by atoms with Crippen LogP contribution in [0.15, 0.2) is 48.5 Å². The quantitative estimate of drug-likeness (QED) is 0.373. The zero-order valence-corrected chi connectivity index (χ0v) is 13.8. The molecule has 0 amide bonds. The Hall–Kier alpha value is -2.41. The van der Waals surface area contributed by atoms with Crippen molar-refractivity contribution < 1.29 is 9.66 Å². The van der Waals surface area contributed by atoms with Gasteiger partial charge in [0.2, 0.25) is 5.88 Å². The lowest BCUT2D eigenvalue weighted by Crippen LogP contribution is -2.07. The second kappa shape index (κ2) is 6.78. The van der Waals surface area contributed by atoms with Crippen molar-refractivity contribution in [1.82, 2.24) is 9.78 Å². The van der Waals surface area contributed by atoms with Gasteiger partial charge in [0.05, 0.1) is 29.0 Å². The van der Waals surface area contributed by atoms with Crippen molar-refractivity contribution in [2.75, 3.05) is 11.9 Å². The van der Waals surface area contributed by atoms with E-state index in [1.54, 1.807) is 10.7 Å². The highest BCUT2D eigenvalue weighted by Crippen LogP contribution is 2.30. The van der Waals surface area contributed by atoms with E-state index in [2.05, 4.69) is 21.0 Å². The van der Waals surface area contributed by atoms with Gasteiger partial charge < -0.3 is 4.74 Å². The standard InChI is InChI=1S/C16H14BrN3O3/c17-8-9-23-16-14-10-13(20(21)22)6-7-15(14)18-19(16)11-12-4-2-1-3-5-12/h1-7,10H,8-9,11H2. The maximum absolute atomic E-state index is 11.0. The molecule has 0 spiro atoms. The van der Waals surface area contributed by atoms with Crippen molar-refractivity contribution in [3.8, 4) is 5.88 Å². The minimum absolute atomic E-state index is 0.0282. The van der Waals surface area contributed by atoms with Crippen LogP contribution < -0.4 is 4.74 Å². The molecule has 0 aliphatic heterocycles. The van der Waals surface area contributed by atoms with Crippen LogP contribution in [0.4, 0.5) is 5.69 Å². The summed E-state index contributed by atoms with van der Waals surface area (Å²) in [5, 5.41) is 16.8. The average molecular weight is 376 g/mol. The predicted molar refractivity (Wildman–Crippen MR) is 91.2 cm³/mol. The highest BCUT2D eigenvalue weighted by molar-refractivity contribution is 9.09. The molecule has 118 valence electrons. The van der Waals surface area contributed by atoms with Crippen molar-refractivity contribution in [2.24, 2.45) is 0 Å². The smallest absolute Gasteiger partial charge is 0.270 e. The van der Waals surface area contributed by atoms with E-state index < -0.39 is 4.92 Å². The number of alkyl halides is 1. The number of nitro groups is 1. The molecule has 0 aliphatic rings. The lowest BCUT2D eigenvalue weighted by atomic mass is 10.2. The SMILES string of the molecule is O=[N+]([O-])c1ccc2nn(Cc3ccccc3)c(OCCBr)c2c1. The summed E-state index contributed by atoms with van der Waals surface area (Å²) in [6, 6.07) is 14.5. The Morgan fingerprint density at radius 3 is 2.70 bits per heavy atom. The van der Waals surface area contributed by atoms with Gasteiger partial charge in [-0.15, -0.1) is 0 Å². The van der Waals surface area contributed by atoms with Gasteiger partial charge in [0.15, 0.2) is 0 Å². The lowest BCUT2D eigenvalue weighted by Gasteiger charge is -2.08. The zero-order chi connectivity index (χ0) is 16.2. The maximum atomic E-state index is 11.0. The third-order valence-corrected chi connectivity index (χ3v) is 3.70. The Morgan fingerprint density at radius 1 is 1.22 bits per heavy atom. The normalized spacial score (nSPS) is 10.8. The molecule has 0 saturated heterocycles. The number of halogens is 1. The summed E-state index contributed by atoms with van der Waals surface area (Å²) in [5.41, 5.74) is 1.79. The summed E-state index contributed by atoms with van der Waals surface area (Å²) < 4.78 is 7.52. The van der Waals surface area contributed by atoms with Gasteiger partial charge in [0.25, 0.3) is 5.69 Å². The van der Waals surface area contributed by atoms with Crippen molar-refractivity contribution in [3.63, 3.8) is 0 Å². The molecule has 6 nitrogen and oxygen atoms in total. The number of hydrogen-bond acceptors (Lipinski definition) is 4. The molecular formula is C16H14BrN3O3. The minimum Gasteiger partial charge on any atom is -0.476 e. The van der Waals surface area contributed by atoms with Crippen molar-refractivity contribution >= 4 is 32.5 Å². The fourth-order valence-corrected chi connectivity index (χ4v) is 2.52. The molecule has 1 aromatic heterocycles. The monoisotopic (exact) mass is 375 g/mol. The molecule has 23 heavy (non-hydrogen) atoms. The van der Waals surface area contributed by atoms with Gasteiger partial charge in [0.1, 0.15) is 0 Å². The largest absolute Gasteiger partial charge is 0.476 e. The summed E-state index contributed by atoms with van der Waals surface area (Å²) in [6.07, 6.45) is 0. The molecule has 2 aromatic carbocycles. The van der Waals surface area contributed by atoms with Crippen LogP contribution in [0.25, 0.3) is 10.9 Å². The summed E-state index contributed by atoms with van der Waals surface area (Å²) in [6.45, 7) is 0.999. The van der Waals surface area contributed by atoms with Crippen LogP contribution in [-0.4, -0.2) is 26.6 Å².